The van der Waals surface area contributed by atoms with Crippen molar-refractivity contribution in [3.05, 3.63) is 16.6 Å². The Morgan fingerprint density at radius 1 is 1.32 bits per heavy atom. The molecule has 0 aliphatic carbocycles. The molecular formula is C10H10N4O3S2. The molecule has 3 heterocycles. The average Bonchev–Trinajstić information content (AvgIpc) is 2.84. The van der Waals surface area contributed by atoms with E-state index >= 15 is 0 Å². The van der Waals surface area contributed by atoms with Crippen molar-refractivity contribution < 1.29 is 8.42 Å². The van der Waals surface area contributed by atoms with Crippen LogP contribution < -0.4 is 5.56 Å². The van der Waals surface area contributed by atoms with Crippen LogP contribution in [-0.2, 0) is 23.9 Å². The number of rotatable bonds is 1. The van der Waals surface area contributed by atoms with Crippen LogP contribution in [0.15, 0.2) is 15.3 Å². The highest BCUT2D eigenvalue weighted by atomic mass is 32.2. The Morgan fingerprint density at radius 2 is 2.00 bits per heavy atom. The van der Waals surface area contributed by atoms with Crippen molar-refractivity contribution in [2.45, 2.75) is 4.34 Å². The fraction of sp³-hybridized carbons (Fsp3) is 0.300. The zero-order chi connectivity index (χ0) is 13.9. The number of nitrogens with zero attached hydrogens (tertiary/aromatic N) is 4. The van der Waals surface area contributed by atoms with Gasteiger partial charge in [0.05, 0.1) is 10.9 Å². The lowest BCUT2D eigenvalue weighted by atomic mass is 10.4. The summed E-state index contributed by atoms with van der Waals surface area (Å²) in [5.74, 6) is 0. The summed E-state index contributed by atoms with van der Waals surface area (Å²) in [6.45, 7) is 0. The smallest absolute Gasteiger partial charge is 0.291 e. The van der Waals surface area contributed by atoms with Crippen molar-refractivity contribution in [1.82, 2.24) is 19.3 Å². The minimum absolute atomic E-state index is 0.0516. The summed E-state index contributed by atoms with van der Waals surface area (Å²) in [6, 6.07) is 0. The number of sulfone groups is 1. The topological polar surface area (TPSA) is 86.8 Å². The predicted molar refractivity (Wildman–Crippen MR) is 72.2 cm³/mol. The Labute approximate surface area is 112 Å². The van der Waals surface area contributed by atoms with E-state index in [-0.39, 0.29) is 9.90 Å². The lowest BCUT2D eigenvalue weighted by molar-refractivity contribution is 0.601. The summed E-state index contributed by atoms with van der Waals surface area (Å²) >= 11 is 1.06. The van der Waals surface area contributed by atoms with Crippen LogP contribution in [0, 0.1) is 0 Å². The van der Waals surface area contributed by atoms with E-state index in [1.807, 2.05) is 0 Å². The third-order valence-corrected chi connectivity index (χ3v) is 5.67. The van der Waals surface area contributed by atoms with Crippen LogP contribution in [0.3, 0.4) is 0 Å². The first-order valence-corrected chi connectivity index (χ1v) is 8.03. The van der Waals surface area contributed by atoms with Gasteiger partial charge in [-0.3, -0.25) is 4.79 Å². The molecule has 9 heteroatoms. The molecule has 0 aliphatic heterocycles. The number of thiazole rings is 1. The Kier molecular flexibility index (Phi) is 2.36. The molecular weight excluding hydrogens is 288 g/mol. The van der Waals surface area contributed by atoms with E-state index in [0.717, 1.165) is 17.6 Å². The second-order valence-corrected chi connectivity index (χ2v) is 7.49. The zero-order valence-electron chi connectivity index (χ0n) is 10.4. The van der Waals surface area contributed by atoms with Crippen LogP contribution in [-0.4, -0.2) is 34.0 Å². The number of aryl methyl sites for hydroxylation is 2. The molecule has 0 saturated carbocycles. The summed E-state index contributed by atoms with van der Waals surface area (Å²) in [5.41, 5.74) is 0.739. The molecule has 0 aromatic carbocycles. The number of hydrogen-bond acceptors (Lipinski definition) is 6. The highest BCUT2D eigenvalue weighted by Crippen LogP contribution is 2.32. The summed E-state index contributed by atoms with van der Waals surface area (Å²) in [7, 11) is -0.0880. The number of hydrogen-bond donors (Lipinski definition) is 0. The molecule has 0 spiro atoms. The number of fused-ring (bicyclic) bond motifs is 3. The third-order valence-electron chi connectivity index (χ3n) is 2.92. The summed E-state index contributed by atoms with van der Waals surface area (Å²) in [5, 5.41) is 4.59. The largest absolute Gasteiger partial charge is 0.323 e. The summed E-state index contributed by atoms with van der Waals surface area (Å²) in [4.78, 5) is 16.1. The maximum atomic E-state index is 12.0. The van der Waals surface area contributed by atoms with Crippen LogP contribution in [0.2, 0.25) is 0 Å². The van der Waals surface area contributed by atoms with Crippen molar-refractivity contribution in [1.29, 1.82) is 0 Å². The number of aromatic nitrogens is 4. The van der Waals surface area contributed by atoms with E-state index in [4.69, 9.17) is 0 Å². The van der Waals surface area contributed by atoms with Gasteiger partial charge in [0.15, 0.2) is 5.65 Å². The van der Waals surface area contributed by atoms with Gasteiger partial charge in [-0.1, -0.05) is 0 Å². The van der Waals surface area contributed by atoms with Crippen LogP contribution in [0.1, 0.15) is 0 Å². The van der Waals surface area contributed by atoms with Gasteiger partial charge in [0.1, 0.15) is 5.52 Å². The second-order valence-electron chi connectivity index (χ2n) is 4.30. The van der Waals surface area contributed by atoms with Gasteiger partial charge in [-0.05, 0) is 0 Å². The third kappa shape index (κ3) is 1.61. The monoisotopic (exact) mass is 298 g/mol. The van der Waals surface area contributed by atoms with Gasteiger partial charge >= 0.3 is 0 Å². The van der Waals surface area contributed by atoms with Gasteiger partial charge in [-0.2, -0.15) is 5.10 Å². The zero-order valence-corrected chi connectivity index (χ0v) is 12.0. The first-order chi connectivity index (χ1) is 8.80. The highest BCUT2D eigenvalue weighted by Gasteiger charge is 2.21. The van der Waals surface area contributed by atoms with E-state index in [9.17, 15) is 13.2 Å². The standard InChI is InChI=1S/C10H10N4O3S2/c1-13-6-5(4-11-14(2)9(6)15)7-8(13)12-10(18-7)19(3,16)17/h4H,1-3H3. The average molecular weight is 298 g/mol. The summed E-state index contributed by atoms with van der Waals surface area (Å²) < 4.78 is 26.6. The molecule has 0 bridgehead atoms. The van der Waals surface area contributed by atoms with Crippen LogP contribution >= 0.6 is 11.3 Å². The molecule has 0 aliphatic rings. The Hall–Kier alpha value is -1.74. The van der Waals surface area contributed by atoms with Crippen molar-refractivity contribution in [3.63, 3.8) is 0 Å². The fourth-order valence-electron chi connectivity index (χ4n) is 1.98. The molecule has 0 fully saturated rings. The van der Waals surface area contributed by atoms with Gasteiger partial charge in [0.2, 0.25) is 14.2 Å². The molecule has 3 aromatic rings. The van der Waals surface area contributed by atoms with Crippen LogP contribution in [0.4, 0.5) is 0 Å². The molecule has 0 unspecified atom stereocenters. The molecule has 0 saturated heterocycles. The van der Waals surface area contributed by atoms with E-state index in [1.54, 1.807) is 24.9 Å². The van der Waals surface area contributed by atoms with Gasteiger partial charge in [0, 0.05) is 25.7 Å². The maximum Gasteiger partial charge on any atom is 0.291 e. The molecule has 3 rings (SSSR count). The normalized spacial score (nSPS) is 12.6. The molecule has 3 aromatic heterocycles. The van der Waals surface area contributed by atoms with Gasteiger partial charge in [0.25, 0.3) is 5.56 Å². The van der Waals surface area contributed by atoms with E-state index in [1.165, 1.54) is 4.68 Å². The Bertz CT molecular complexity index is 978. The van der Waals surface area contributed by atoms with Crippen molar-refractivity contribution in [2.24, 2.45) is 14.1 Å². The van der Waals surface area contributed by atoms with Crippen LogP contribution in [0.5, 0.6) is 0 Å². The van der Waals surface area contributed by atoms with Crippen molar-refractivity contribution in [3.8, 4) is 0 Å². The van der Waals surface area contributed by atoms with E-state index in [2.05, 4.69) is 10.1 Å². The Balaban J connectivity index is 2.55. The molecule has 19 heavy (non-hydrogen) atoms. The van der Waals surface area contributed by atoms with Gasteiger partial charge in [-0.15, -0.1) is 11.3 Å². The predicted octanol–water partition coefficient (Wildman–Crippen LogP) is 0.285. The van der Waals surface area contributed by atoms with Crippen LogP contribution in [0.25, 0.3) is 21.3 Å². The highest BCUT2D eigenvalue weighted by molar-refractivity contribution is 7.92. The Morgan fingerprint density at radius 3 is 2.63 bits per heavy atom. The minimum atomic E-state index is -3.35. The van der Waals surface area contributed by atoms with Crippen molar-refractivity contribution in [2.75, 3.05) is 6.26 Å². The molecule has 7 nitrogen and oxygen atoms in total. The van der Waals surface area contributed by atoms with Gasteiger partial charge in [-0.25, -0.2) is 18.1 Å². The fourth-order valence-corrected chi connectivity index (χ4v) is 3.92. The lowest BCUT2D eigenvalue weighted by Crippen LogP contribution is -2.20. The SMILES string of the molecule is Cn1ncc2c3sc(S(C)(=O)=O)nc3n(C)c2c1=O. The van der Waals surface area contributed by atoms with E-state index in [0.29, 0.717) is 21.3 Å². The molecule has 0 radical (unpaired) electrons. The second kappa shape index (κ2) is 3.64. The van der Waals surface area contributed by atoms with Crippen molar-refractivity contribution >= 4 is 42.4 Å². The molecule has 0 N–H and O–H groups in total. The quantitative estimate of drug-likeness (QED) is 0.644. The first kappa shape index (κ1) is 12.3. The minimum Gasteiger partial charge on any atom is -0.323 e. The first-order valence-electron chi connectivity index (χ1n) is 5.32. The summed E-state index contributed by atoms with van der Waals surface area (Å²) in [6.07, 6.45) is 2.67. The van der Waals surface area contributed by atoms with Gasteiger partial charge < -0.3 is 4.57 Å². The lowest BCUT2D eigenvalue weighted by Gasteiger charge is -1.98. The molecule has 100 valence electrons. The molecule has 0 amide bonds. The van der Waals surface area contributed by atoms with E-state index < -0.39 is 9.84 Å². The maximum absolute atomic E-state index is 12.0. The molecule has 0 atom stereocenters.